The number of rotatable bonds is 5. The molecule has 0 spiro atoms. The van der Waals surface area contributed by atoms with E-state index in [2.05, 4.69) is 15.9 Å². The van der Waals surface area contributed by atoms with E-state index >= 15 is 0 Å². The fourth-order valence-electron chi connectivity index (χ4n) is 1.90. The summed E-state index contributed by atoms with van der Waals surface area (Å²) in [5.41, 5.74) is 2.88. The van der Waals surface area contributed by atoms with Crippen LogP contribution in [0.4, 0.5) is 0 Å². The van der Waals surface area contributed by atoms with Gasteiger partial charge in [-0.3, -0.25) is 4.79 Å². The predicted octanol–water partition coefficient (Wildman–Crippen LogP) is 3.06. The van der Waals surface area contributed by atoms with Crippen molar-refractivity contribution in [2.75, 3.05) is 13.7 Å². The number of methoxy groups -OCH3 is 1. The van der Waals surface area contributed by atoms with Crippen LogP contribution in [0.25, 0.3) is 11.1 Å². The summed E-state index contributed by atoms with van der Waals surface area (Å²) in [6.07, 6.45) is 1.79. The minimum Gasteiger partial charge on any atom is -0.383 e. The minimum atomic E-state index is 0.0196. The Morgan fingerprint density at radius 1 is 1.21 bits per heavy atom. The highest BCUT2D eigenvalue weighted by molar-refractivity contribution is 9.08. The first-order chi connectivity index (χ1) is 9.26. The molecule has 0 amide bonds. The van der Waals surface area contributed by atoms with Gasteiger partial charge in [-0.15, -0.1) is 0 Å². The van der Waals surface area contributed by atoms with Crippen LogP contribution in [0, 0.1) is 0 Å². The van der Waals surface area contributed by atoms with E-state index in [0.717, 1.165) is 16.5 Å². The van der Waals surface area contributed by atoms with E-state index in [1.54, 1.807) is 17.9 Å². The summed E-state index contributed by atoms with van der Waals surface area (Å²) in [7, 11) is 1.63. The monoisotopic (exact) mass is 321 g/mol. The Hall–Kier alpha value is -1.39. The third kappa shape index (κ3) is 3.33. The van der Waals surface area contributed by atoms with Gasteiger partial charge in [0.15, 0.2) is 0 Å². The van der Waals surface area contributed by atoms with Crippen LogP contribution >= 0.6 is 15.9 Å². The number of hydrogen-bond acceptors (Lipinski definition) is 2. The summed E-state index contributed by atoms with van der Waals surface area (Å²) < 4.78 is 6.69. The molecule has 0 saturated heterocycles. The fraction of sp³-hybridized carbons (Fsp3) is 0.267. The maximum absolute atomic E-state index is 12.3. The molecule has 2 aromatic rings. The first-order valence-corrected chi connectivity index (χ1v) is 7.22. The zero-order valence-electron chi connectivity index (χ0n) is 10.8. The molecule has 0 aliphatic heterocycles. The number of benzene rings is 1. The van der Waals surface area contributed by atoms with Gasteiger partial charge in [0.05, 0.1) is 6.61 Å². The Balaban J connectivity index is 2.36. The van der Waals surface area contributed by atoms with Crippen molar-refractivity contribution in [1.29, 1.82) is 0 Å². The quantitative estimate of drug-likeness (QED) is 0.792. The normalized spacial score (nSPS) is 10.6. The maximum Gasteiger partial charge on any atom is 0.258 e. The summed E-state index contributed by atoms with van der Waals surface area (Å²) in [5.74, 6) is 0. The van der Waals surface area contributed by atoms with E-state index < -0.39 is 0 Å². The van der Waals surface area contributed by atoms with Crippen LogP contribution in [0.15, 0.2) is 47.4 Å². The number of hydrogen-bond donors (Lipinski definition) is 0. The maximum atomic E-state index is 12.3. The van der Waals surface area contributed by atoms with Crippen molar-refractivity contribution in [3.05, 3.63) is 58.5 Å². The summed E-state index contributed by atoms with van der Waals surface area (Å²) in [4.78, 5) is 12.3. The van der Waals surface area contributed by atoms with E-state index in [0.29, 0.717) is 13.2 Å². The summed E-state index contributed by atoms with van der Waals surface area (Å²) >= 11 is 3.41. The molecule has 0 aliphatic rings. The molecule has 19 heavy (non-hydrogen) atoms. The smallest absolute Gasteiger partial charge is 0.258 e. The number of halogens is 1. The second-order valence-corrected chi connectivity index (χ2v) is 4.80. The van der Waals surface area contributed by atoms with Crippen molar-refractivity contribution in [1.82, 2.24) is 4.57 Å². The Kier molecular flexibility index (Phi) is 4.93. The van der Waals surface area contributed by atoms with Crippen LogP contribution in [-0.4, -0.2) is 18.3 Å². The third-order valence-electron chi connectivity index (χ3n) is 2.98. The highest BCUT2D eigenvalue weighted by Gasteiger charge is 2.05. The van der Waals surface area contributed by atoms with Gasteiger partial charge >= 0.3 is 0 Å². The highest BCUT2D eigenvalue weighted by atomic mass is 79.9. The van der Waals surface area contributed by atoms with Gasteiger partial charge in [-0.2, -0.15) is 0 Å². The van der Waals surface area contributed by atoms with E-state index in [9.17, 15) is 4.79 Å². The van der Waals surface area contributed by atoms with Crippen molar-refractivity contribution >= 4 is 15.9 Å². The molecule has 3 nitrogen and oxygen atoms in total. The molecule has 1 heterocycles. The van der Waals surface area contributed by atoms with Crippen LogP contribution in [0.2, 0.25) is 0 Å². The van der Waals surface area contributed by atoms with Gasteiger partial charge in [0.2, 0.25) is 0 Å². The number of pyridine rings is 1. The lowest BCUT2D eigenvalue weighted by Gasteiger charge is -2.08. The molecular formula is C15H16BrNO2. The van der Waals surface area contributed by atoms with Gasteiger partial charge in [-0.05, 0) is 23.3 Å². The zero-order chi connectivity index (χ0) is 13.7. The van der Waals surface area contributed by atoms with Crippen LogP contribution in [0.1, 0.15) is 5.56 Å². The SMILES string of the molecule is COCCn1cccc(-c2ccc(CBr)cc2)c1=O. The minimum absolute atomic E-state index is 0.0196. The Bertz CT molecular complexity index is 590. The van der Waals surface area contributed by atoms with Crippen molar-refractivity contribution in [3.63, 3.8) is 0 Å². The lowest BCUT2D eigenvalue weighted by Crippen LogP contribution is -2.22. The molecule has 2 rings (SSSR count). The van der Waals surface area contributed by atoms with Gasteiger partial charge < -0.3 is 9.30 Å². The number of aromatic nitrogens is 1. The Morgan fingerprint density at radius 2 is 1.95 bits per heavy atom. The first-order valence-electron chi connectivity index (χ1n) is 6.10. The highest BCUT2D eigenvalue weighted by Crippen LogP contribution is 2.17. The molecule has 0 unspecified atom stereocenters. The molecule has 0 fully saturated rings. The fourth-order valence-corrected chi connectivity index (χ4v) is 2.27. The molecule has 4 heteroatoms. The standard InChI is InChI=1S/C15H16BrNO2/c1-19-10-9-17-8-2-3-14(15(17)18)13-6-4-12(11-16)5-7-13/h2-8H,9-11H2,1H3. The molecule has 0 aliphatic carbocycles. The second-order valence-electron chi connectivity index (χ2n) is 4.24. The second kappa shape index (κ2) is 6.68. The molecular weight excluding hydrogens is 306 g/mol. The summed E-state index contributed by atoms with van der Waals surface area (Å²) in [5, 5.41) is 0.820. The average molecular weight is 322 g/mol. The van der Waals surface area contributed by atoms with Gasteiger partial charge in [-0.1, -0.05) is 40.2 Å². The first kappa shape index (κ1) is 14.0. The lowest BCUT2D eigenvalue weighted by atomic mass is 10.1. The number of nitrogens with zero attached hydrogens (tertiary/aromatic N) is 1. The average Bonchev–Trinajstić information content (AvgIpc) is 2.46. The third-order valence-corrected chi connectivity index (χ3v) is 3.62. The van der Waals surface area contributed by atoms with Crippen LogP contribution in [0.3, 0.4) is 0 Å². The van der Waals surface area contributed by atoms with E-state index in [-0.39, 0.29) is 5.56 Å². The number of ether oxygens (including phenoxy) is 1. The number of alkyl halides is 1. The molecule has 100 valence electrons. The molecule has 0 bridgehead atoms. The van der Waals surface area contributed by atoms with Crippen LogP contribution in [0.5, 0.6) is 0 Å². The lowest BCUT2D eigenvalue weighted by molar-refractivity contribution is 0.186. The van der Waals surface area contributed by atoms with Crippen molar-refractivity contribution in [2.45, 2.75) is 11.9 Å². The summed E-state index contributed by atoms with van der Waals surface area (Å²) in [6, 6.07) is 11.8. The van der Waals surface area contributed by atoms with Gasteiger partial charge in [-0.25, -0.2) is 0 Å². The van der Waals surface area contributed by atoms with E-state index in [1.807, 2.05) is 36.4 Å². The van der Waals surface area contributed by atoms with Gasteiger partial charge in [0.25, 0.3) is 5.56 Å². The Morgan fingerprint density at radius 3 is 2.58 bits per heavy atom. The zero-order valence-corrected chi connectivity index (χ0v) is 12.4. The topological polar surface area (TPSA) is 31.2 Å². The predicted molar refractivity (Wildman–Crippen MR) is 80.6 cm³/mol. The van der Waals surface area contributed by atoms with Crippen molar-refractivity contribution < 1.29 is 4.74 Å². The van der Waals surface area contributed by atoms with Crippen LogP contribution in [-0.2, 0) is 16.6 Å². The van der Waals surface area contributed by atoms with E-state index in [1.165, 1.54) is 5.56 Å². The summed E-state index contributed by atoms with van der Waals surface area (Å²) in [6.45, 7) is 1.11. The van der Waals surface area contributed by atoms with Gasteiger partial charge in [0, 0.05) is 30.7 Å². The van der Waals surface area contributed by atoms with Crippen LogP contribution < -0.4 is 5.56 Å². The van der Waals surface area contributed by atoms with Gasteiger partial charge in [0.1, 0.15) is 0 Å². The molecule has 1 aromatic heterocycles. The van der Waals surface area contributed by atoms with Crippen molar-refractivity contribution in [2.24, 2.45) is 0 Å². The molecule has 1 aromatic carbocycles. The van der Waals surface area contributed by atoms with Crippen molar-refractivity contribution in [3.8, 4) is 11.1 Å². The molecule has 0 radical (unpaired) electrons. The Labute approximate surface area is 121 Å². The molecule has 0 saturated carbocycles. The van der Waals surface area contributed by atoms with E-state index in [4.69, 9.17) is 4.74 Å². The molecule has 0 atom stereocenters. The molecule has 0 N–H and O–H groups in total. The largest absolute Gasteiger partial charge is 0.383 e.